The Morgan fingerprint density at radius 1 is 1.50 bits per heavy atom. The lowest BCUT2D eigenvalue weighted by Crippen LogP contribution is -2.54. The highest BCUT2D eigenvalue weighted by atomic mass is 16.4. The first-order chi connectivity index (χ1) is 9.54. The monoisotopic (exact) mass is 278 g/mol. The Morgan fingerprint density at radius 2 is 2.30 bits per heavy atom. The number of rotatable bonds is 3. The number of carbonyl (C=O) groups is 1. The molecule has 2 aliphatic rings. The Balaban J connectivity index is 1.70. The molecule has 2 atom stereocenters. The third-order valence-electron chi connectivity index (χ3n) is 4.62. The molecule has 1 N–H and O–H groups in total. The zero-order valence-corrected chi connectivity index (χ0v) is 12.1. The Morgan fingerprint density at radius 3 is 3.00 bits per heavy atom. The molecule has 5 heteroatoms. The summed E-state index contributed by atoms with van der Waals surface area (Å²) < 4.78 is 5.60. The number of nitrogens with zero attached hydrogens (tertiary/aromatic N) is 2. The second-order valence-electron chi connectivity index (χ2n) is 6.06. The number of aromatic carboxylic acids is 1. The van der Waals surface area contributed by atoms with Crippen LogP contribution in [0.1, 0.15) is 41.6 Å². The molecule has 0 bridgehead atoms. The predicted molar refractivity (Wildman–Crippen MR) is 74.9 cm³/mol. The molecule has 3 heterocycles. The number of piperazine rings is 1. The number of aryl methyl sites for hydroxylation is 1. The SMILES string of the molecule is Cc1oc(CN2CC3CCCN3CC2C)cc1C(=O)O. The van der Waals surface area contributed by atoms with Crippen LogP contribution in [0.2, 0.25) is 0 Å². The van der Waals surface area contributed by atoms with Crippen molar-refractivity contribution in [3.8, 4) is 0 Å². The maximum absolute atomic E-state index is 11.1. The Bertz CT molecular complexity index is 511. The van der Waals surface area contributed by atoms with Gasteiger partial charge >= 0.3 is 5.97 Å². The van der Waals surface area contributed by atoms with Gasteiger partial charge in [-0.1, -0.05) is 0 Å². The van der Waals surface area contributed by atoms with Crippen molar-refractivity contribution in [2.75, 3.05) is 19.6 Å². The van der Waals surface area contributed by atoms with Crippen LogP contribution < -0.4 is 0 Å². The van der Waals surface area contributed by atoms with Gasteiger partial charge in [-0.25, -0.2) is 4.79 Å². The zero-order valence-electron chi connectivity index (χ0n) is 12.1. The van der Waals surface area contributed by atoms with Gasteiger partial charge in [-0.2, -0.15) is 0 Å². The molecule has 2 fully saturated rings. The Labute approximate surface area is 119 Å². The number of carboxylic acids is 1. The van der Waals surface area contributed by atoms with Gasteiger partial charge < -0.3 is 9.52 Å². The van der Waals surface area contributed by atoms with Gasteiger partial charge in [0.05, 0.1) is 6.54 Å². The fourth-order valence-electron chi connectivity index (χ4n) is 3.50. The summed E-state index contributed by atoms with van der Waals surface area (Å²) in [5, 5.41) is 9.08. The first kappa shape index (κ1) is 13.6. The summed E-state index contributed by atoms with van der Waals surface area (Å²) in [6.45, 7) is 8.05. The second-order valence-corrected chi connectivity index (χ2v) is 6.06. The summed E-state index contributed by atoms with van der Waals surface area (Å²) in [5.41, 5.74) is 0.284. The second kappa shape index (κ2) is 5.22. The maximum atomic E-state index is 11.1. The van der Waals surface area contributed by atoms with E-state index in [4.69, 9.17) is 9.52 Å². The van der Waals surface area contributed by atoms with Gasteiger partial charge in [0.15, 0.2) is 0 Å². The van der Waals surface area contributed by atoms with E-state index in [1.165, 1.54) is 19.4 Å². The van der Waals surface area contributed by atoms with Crippen molar-refractivity contribution in [1.82, 2.24) is 9.80 Å². The molecule has 2 saturated heterocycles. The maximum Gasteiger partial charge on any atom is 0.339 e. The van der Waals surface area contributed by atoms with E-state index in [0.717, 1.165) is 18.8 Å². The van der Waals surface area contributed by atoms with Crippen LogP contribution in [-0.2, 0) is 6.54 Å². The van der Waals surface area contributed by atoms with Crippen LogP contribution in [0.3, 0.4) is 0 Å². The Kier molecular flexibility index (Phi) is 3.56. The van der Waals surface area contributed by atoms with E-state index in [0.29, 0.717) is 24.4 Å². The molecule has 3 rings (SSSR count). The third kappa shape index (κ3) is 2.47. The van der Waals surface area contributed by atoms with Gasteiger partial charge in [0.25, 0.3) is 0 Å². The van der Waals surface area contributed by atoms with E-state index in [1.54, 1.807) is 13.0 Å². The van der Waals surface area contributed by atoms with Crippen LogP contribution in [0.5, 0.6) is 0 Å². The Hall–Kier alpha value is -1.33. The summed E-state index contributed by atoms with van der Waals surface area (Å²) in [7, 11) is 0. The average Bonchev–Trinajstić information content (AvgIpc) is 2.96. The third-order valence-corrected chi connectivity index (χ3v) is 4.62. The first-order valence-corrected chi connectivity index (χ1v) is 7.35. The molecule has 2 unspecified atom stereocenters. The summed E-state index contributed by atoms with van der Waals surface area (Å²) in [4.78, 5) is 16.1. The van der Waals surface area contributed by atoms with Crippen molar-refractivity contribution in [2.24, 2.45) is 0 Å². The molecule has 0 radical (unpaired) electrons. The smallest absolute Gasteiger partial charge is 0.339 e. The fourth-order valence-corrected chi connectivity index (χ4v) is 3.50. The summed E-state index contributed by atoms with van der Waals surface area (Å²) in [6.07, 6.45) is 2.58. The molecule has 20 heavy (non-hydrogen) atoms. The van der Waals surface area contributed by atoms with Crippen LogP contribution in [0.4, 0.5) is 0 Å². The zero-order chi connectivity index (χ0) is 14.3. The van der Waals surface area contributed by atoms with E-state index < -0.39 is 5.97 Å². The van der Waals surface area contributed by atoms with Crippen LogP contribution in [0.25, 0.3) is 0 Å². The lowest BCUT2D eigenvalue weighted by Gasteiger charge is -2.41. The van der Waals surface area contributed by atoms with E-state index in [-0.39, 0.29) is 5.56 Å². The van der Waals surface area contributed by atoms with Crippen molar-refractivity contribution in [3.63, 3.8) is 0 Å². The highest BCUT2D eigenvalue weighted by molar-refractivity contribution is 5.88. The first-order valence-electron chi connectivity index (χ1n) is 7.35. The number of hydrogen-bond acceptors (Lipinski definition) is 4. The van der Waals surface area contributed by atoms with Gasteiger partial charge in [0, 0.05) is 25.2 Å². The molecule has 0 spiro atoms. The minimum absolute atomic E-state index is 0.284. The summed E-state index contributed by atoms with van der Waals surface area (Å²) in [6, 6.07) is 2.83. The largest absolute Gasteiger partial charge is 0.478 e. The van der Waals surface area contributed by atoms with Gasteiger partial charge in [0.1, 0.15) is 17.1 Å². The lowest BCUT2D eigenvalue weighted by atomic mass is 10.1. The summed E-state index contributed by atoms with van der Waals surface area (Å²) in [5.74, 6) is 0.351. The normalized spacial score (nSPS) is 27.7. The molecule has 0 saturated carbocycles. The van der Waals surface area contributed by atoms with Crippen molar-refractivity contribution in [2.45, 2.75) is 45.3 Å². The standard InChI is InChI=1S/C15H22N2O3/c1-10-7-16-5-3-4-12(16)8-17(10)9-13-6-14(15(18)19)11(2)20-13/h6,10,12H,3-5,7-9H2,1-2H3,(H,18,19). The van der Waals surface area contributed by atoms with Crippen LogP contribution in [-0.4, -0.2) is 52.6 Å². The van der Waals surface area contributed by atoms with Crippen molar-refractivity contribution in [3.05, 3.63) is 23.2 Å². The van der Waals surface area contributed by atoms with Crippen LogP contribution >= 0.6 is 0 Å². The number of fused-ring (bicyclic) bond motifs is 1. The van der Waals surface area contributed by atoms with Gasteiger partial charge in [-0.3, -0.25) is 9.80 Å². The molecular formula is C15H22N2O3. The average molecular weight is 278 g/mol. The minimum atomic E-state index is -0.911. The van der Waals surface area contributed by atoms with E-state index in [2.05, 4.69) is 16.7 Å². The molecule has 0 aliphatic carbocycles. The fraction of sp³-hybridized carbons (Fsp3) is 0.667. The molecule has 1 aromatic heterocycles. The molecule has 5 nitrogen and oxygen atoms in total. The highest BCUT2D eigenvalue weighted by Crippen LogP contribution is 2.26. The number of furan rings is 1. The van der Waals surface area contributed by atoms with Gasteiger partial charge in [-0.15, -0.1) is 0 Å². The highest BCUT2D eigenvalue weighted by Gasteiger charge is 2.34. The quantitative estimate of drug-likeness (QED) is 0.916. The van der Waals surface area contributed by atoms with E-state index in [9.17, 15) is 4.79 Å². The van der Waals surface area contributed by atoms with Gasteiger partial charge in [0.2, 0.25) is 0 Å². The van der Waals surface area contributed by atoms with Gasteiger partial charge in [-0.05, 0) is 39.3 Å². The minimum Gasteiger partial charge on any atom is -0.478 e. The van der Waals surface area contributed by atoms with Crippen LogP contribution in [0.15, 0.2) is 10.5 Å². The number of hydrogen-bond donors (Lipinski definition) is 1. The lowest BCUT2D eigenvalue weighted by molar-refractivity contribution is 0.0492. The predicted octanol–water partition coefficient (Wildman–Crippen LogP) is 1.95. The summed E-state index contributed by atoms with van der Waals surface area (Å²) >= 11 is 0. The molecular weight excluding hydrogens is 256 g/mol. The molecule has 0 amide bonds. The molecule has 1 aromatic rings. The number of carboxylic acid groups (broad SMARTS) is 1. The van der Waals surface area contributed by atoms with E-state index in [1.807, 2.05) is 0 Å². The van der Waals surface area contributed by atoms with Crippen molar-refractivity contribution in [1.29, 1.82) is 0 Å². The molecule has 0 aromatic carbocycles. The van der Waals surface area contributed by atoms with E-state index >= 15 is 0 Å². The molecule has 2 aliphatic heterocycles. The topological polar surface area (TPSA) is 56.9 Å². The molecule has 110 valence electrons. The van der Waals surface area contributed by atoms with Crippen LogP contribution in [0, 0.1) is 6.92 Å². The van der Waals surface area contributed by atoms with Crippen molar-refractivity contribution >= 4 is 5.97 Å². The van der Waals surface area contributed by atoms with Crippen molar-refractivity contribution < 1.29 is 14.3 Å².